The standard InChI is InChI=1S/C7H8N2O3/c8-9-3-4-1-2-5(10)7(12)6(4)11/h1-2,8,10-12H,3H2. The topological polar surface area (TPSA) is 96.9 Å². The molecule has 0 bridgehead atoms. The molecule has 0 aliphatic carbocycles. The van der Waals surface area contributed by atoms with E-state index in [0.717, 1.165) is 0 Å². The zero-order valence-corrected chi connectivity index (χ0v) is 6.15. The maximum atomic E-state index is 9.16. The molecule has 0 saturated carbocycles. The molecule has 1 aromatic rings. The Morgan fingerprint density at radius 1 is 1.17 bits per heavy atom. The summed E-state index contributed by atoms with van der Waals surface area (Å²) in [7, 11) is 0. The van der Waals surface area contributed by atoms with Gasteiger partial charge in [0.15, 0.2) is 11.5 Å². The molecule has 5 heteroatoms. The first-order valence-electron chi connectivity index (χ1n) is 3.22. The smallest absolute Gasteiger partial charge is 0.200 e. The molecule has 0 saturated heterocycles. The van der Waals surface area contributed by atoms with E-state index >= 15 is 0 Å². The summed E-state index contributed by atoms with van der Waals surface area (Å²) in [5.74, 6) is -1.39. The highest BCUT2D eigenvalue weighted by Gasteiger charge is 2.09. The normalized spacial score (nSPS) is 9.67. The predicted octanol–water partition coefficient (Wildman–Crippen LogP) is 1.33. The minimum atomic E-state index is -0.573. The molecular weight excluding hydrogens is 160 g/mol. The van der Waals surface area contributed by atoms with Gasteiger partial charge < -0.3 is 15.3 Å². The largest absolute Gasteiger partial charge is 0.504 e. The van der Waals surface area contributed by atoms with E-state index in [0.29, 0.717) is 5.56 Å². The van der Waals surface area contributed by atoms with Crippen LogP contribution < -0.4 is 0 Å². The lowest BCUT2D eigenvalue weighted by Crippen LogP contribution is -1.82. The molecule has 1 aromatic carbocycles. The Bertz CT molecular complexity index is 312. The Kier molecular flexibility index (Phi) is 2.14. The minimum absolute atomic E-state index is 0.0142. The lowest BCUT2D eigenvalue weighted by Gasteiger charge is -2.03. The van der Waals surface area contributed by atoms with Crippen LogP contribution in [0.2, 0.25) is 0 Å². The molecule has 0 unspecified atom stereocenters. The van der Waals surface area contributed by atoms with E-state index in [1.54, 1.807) is 0 Å². The van der Waals surface area contributed by atoms with Gasteiger partial charge in [0, 0.05) is 5.56 Å². The van der Waals surface area contributed by atoms with Crippen molar-refractivity contribution in [3.8, 4) is 17.2 Å². The minimum Gasteiger partial charge on any atom is -0.504 e. The molecule has 64 valence electrons. The van der Waals surface area contributed by atoms with Crippen LogP contribution in [-0.2, 0) is 6.54 Å². The second-order valence-electron chi connectivity index (χ2n) is 2.26. The van der Waals surface area contributed by atoms with Crippen LogP contribution in [0.5, 0.6) is 17.2 Å². The van der Waals surface area contributed by atoms with Gasteiger partial charge in [-0.1, -0.05) is 0 Å². The molecule has 0 aromatic heterocycles. The third-order valence-corrected chi connectivity index (χ3v) is 1.46. The summed E-state index contributed by atoms with van der Waals surface area (Å²) in [5.41, 5.74) is 6.84. The van der Waals surface area contributed by atoms with Crippen molar-refractivity contribution in [3.05, 3.63) is 17.7 Å². The van der Waals surface area contributed by atoms with Gasteiger partial charge in [-0.3, -0.25) is 0 Å². The Hall–Kier alpha value is -1.78. The Balaban J connectivity index is 3.16. The van der Waals surface area contributed by atoms with Crippen molar-refractivity contribution in [3.63, 3.8) is 0 Å². The highest BCUT2D eigenvalue weighted by molar-refractivity contribution is 5.52. The van der Waals surface area contributed by atoms with Crippen LogP contribution in [0.25, 0.3) is 0 Å². The summed E-state index contributed by atoms with van der Waals surface area (Å²) in [5, 5.41) is 30.1. The zero-order valence-electron chi connectivity index (χ0n) is 6.15. The molecule has 0 radical (unpaired) electrons. The van der Waals surface area contributed by atoms with Gasteiger partial charge >= 0.3 is 0 Å². The van der Waals surface area contributed by atoms with E-state index in [4.69, 9.17) is 20.9 Å². The Labute approximate surface area is 68.4 Å². The highest BCUT2D eigenvalue weighted by atomic mass is 16.3. The summed E-state index contributed by atoms with van der Waals surface area (Å²) < 4.78 is 0. The second kappa shape index (κ2) is 3.08. The number of hydrogen-bond acceptors (Lipinski definition) is 5. The van der Waals surface area contributed by atoms with Gasteiger partial charge in [-0.2, -0.15) is 5.11 Å². The Morgan fingerprint density at radius 2 is 1.83 bits per heavy atom. The fourth-order valence-corrected chi connectivity index (χ4v) is 0.824. The summed E-state index contributed by atoms with van der Waals surface area (Å²) in [6.45, 7) is -0.0142. The number of aromatic hydroxyl groups is 3. The van der Waals surface area contributed by atoms with E-state index < -0.39 is 11.5 Å². The number of benzene rings is 1. The molecule has 1 rings (SSSR count). The fourth-order valence-electron chi connectivity index (χ4n) is 0.824. The van der Waals surface area contributed by atoms with Crippen molar-refractivity contribution in [1.29, 1.82) is 5.53 Å². The molecular formula is C7H8N2O3. The predicted molar refractivity (Wildman–Crippen MR) is 40.3 cm³/mol. The molecule has 0 amide bonds. The second-order valence-corrected chi connectivity index (χ2v) is 2.26. The van der Waals surface area contributed by atoms with Crippen LogP contribution in [0.15, 0.2) is 17.2 Å². The lowest BCUT2D eigenvalue weighted by atomic mass is 10.2. The Morgan fingerprint density at radius 3 is 2.42 bits per heavy atom. The average Bonchev–Trinajstić information content (AvgIpc) is 2.07. The number of nitrogens with zero attached hydrogens (tertiary/aromatic N) is 1. The first-order valence-corrected chi connectivity index (χ1v) is 3.22. The van der Waals surface area contributed by atoms with Crippen molar-refractivity contribution in [2.45, 2.75) is 6.54 Å². The van der Waals surface area contributed by atoms with E-state index in [1.807, 2.05) is 0 Å². The van der Waals surface area contributed by atoms with Gasteiger partial charge in [-0.05, 0) is 12.1 Å². The first-order chi connectivity index (χ1) is 5.66. The number of hydrogen-bond donors (Lipinski definition) is 4. The molecule has 0 aliphatic heterocycles. The van der Waals surface area contributed by atoms with Gasteiger partial charge in [0.1, 0.15) is 0 Å². The van der Waals surface area contributed by atoms with Crippen LogP contribution in [0.1, 0.15) is 5.56 Å². The van der Waals surface area contributed by atoms with Gasteiger partial charge in [0.2, 0.25) is 5.75 Å². The summed E-state index contributed by atoms with van der Waals surface area (Å²) in [4.78, 5) is 0. The van der Waals surface area contributed by atoms with Crippen molar-refractivity contribution >= 4 is 0 Å². The monoisotopic (exact) mass is 168 g/mol. The number of phenols is 3. The lowest BCUT2D eigenvalue weighted by molar-refractivity contribution is 0.365. The van der Waals surface area contributed by atoms with Crippen LogP contribution in [0.4, 0.5) is 0 Å². The maximum Gasteiger partial charge on any atom is 0.200 e. The van der Waals surface area contributed by atoms with Crippen LogP contribution in [0.3, 0.4) is 0 Å². The SMILES string of the molecule is N=NCc1ccc(O)c(O)c1O. The van der Waals surface area contributed by atoms with Crippen molar-refractivity contribution in [2.75, 3.05) is 0 Å². The average molecular weight is 168 g/mol. The molecule has 0 atom stereocenters. The van der Waals surface area contributed by atoms with E-state index in [9.17, 15) is 0 Å². The van der Waals surface area contributed by atoms with E-state index in [2.05, 4.69) is 5.11 Å². The molecule has 0 fully saturated rings. The molecule has 5 nitrogen and oxygen atoms in total. The maximum absolute atomic E-state index is 9.16. The molecule has 12 heavy (non-hydrogen) atoms. The number of phenolic OH excluding ortho intramolecular Hbond substituents is 3. The molecule has 4 N–H and O–H groups in total. The van der Waals surface area contributed by atoms with Crippen LogP contribution in [0, 0.1) is 5.53 Å². The third-order valence-electron chi connectivity index (χ3n) is 1.46. The first kappa shape index (κ1) is 8.32. The zero-order chi connectivity index (χ0) is 9.14. The summed E-state index contributed by atoms with van der Waals surface area (Å²) in [6.07, 6.45) is 0. The van der Waals surface area contributed by atoms with Gasteiger partial charge in [0.05, 0.1) is 6.54 Å². The van der Waals surface area contributed by atoms with Crippen molar-refractivity contribution < 1.29 is 15.3 Å². The van der Waals surface area contributed by atoms with Crippen LogP contribution >= 0.6 is 0 Å². The quantitative estimate of drug-likeness (QED) is 0.396. The van der Waals surface area contributed by atoms with Gasteiger partial charge in [-0.15, -0.1) is 0 Å². The van der Waals surface area contributed by atoms with Crippen molar-refractivity contribution in [2.24, 2.45) is 5.11 Å². The van der Waals surface area contributed by atoms with Gasteiger partial charge in [0.25, 0.3) is 0 Å². The highest BCUT2D eigenvalue weighted by Crippen LogP contribution is 2.37. The molecule has 0 heterocycles. The third kappa shape index (κ3) is 1.29. The number of nitrogens with one attached hydrogen (secondary N) is 1. The van der Waals surface area contributed by atoms with Crippen molar-refractivity contribution in [1.82, 2.24) is 0 Å². The van der Waals surface area contributed by atoms with Crippen LogP contribution in [-0.4, -0.2) is 15.3 Å². The summed E-state index contributed by atoms with van der Waals surface area (Å²) >= 11 is 0. The number of rotatable bonds is 2. The van der Waals surface area contributed by atoms with E-state index in [-0.39, 0.29) is 12.3 Å². The molecule has 0 spiro atoms. The van der Waals surface area contributed by atoms with Gasteiger partial charge in [-0.25, -0.2) is 5.53 Å². The van der Waals surface area contributed by atoms with E-state index in [1.165, 1.54) is 12.1 Å². The fraction of sp³-hybridized carbons (Fsp3) is 0.143. The molecule has 0 aliphatic rings. The summed E-state index contributed by atoms with van der Waals surface area (Å²) in [6, 6.07) is 2.62.